The SMILES string of the molecule is CCOC(=O)[C@H](Cc1ccc(NC(=O)c2c(Cl)cncc2Cl)cn1)NC1=C(Br)C(=O)C1(C)C.Cl. The second kappa shape index (κ2) is 11.5. The van der Waals surface area contributed by atoms with Crippen molar-refractivity contribution in [3.05, 3.63) is 62.2 Å². The summed E-state index contributed by atoms with van der Waals surface area (Å²) in [7, 11) is 0. The lowest BCUT2D eigenvalue weighted by atomic mass is 9.74. The van der Waals surface area contributed by atoms with Gasteiger partial charge < -0.3 is 15.4 Å². The van der Waals surface area contributed by atoms with E-state index in [9.17, 15) is 14.4 Å². The molecule has 1 aliphatic rings. The van der Waals surface area contributed by atoms with Crippen LogP contribution in [-0.2, 0) is 20.7 Å². The van der Waals surface area contributed by atoms with E-state index in [0.29, 0.717) is 21.6 Å². The van der Waals surface area contributed by atoms with Gasteiger partial charge in [-0.15, -0.1) is 12.4 Å². The maximum Gasteiger partial charge on any atom is 0.328 e. The quantitative estimate of drug-likeness (QED) is 0.426. The summed E-state index contributed by atoms with van der Waals surface area (Å²) in [6, 6.07) is 2.58. The van der Waals surface area contributed by atoms with Crippen LogP contribution in [0.2, 0.25) is 10.0 Å². The van der Waals surface area contributed by atoms with Crippen LogP contribution in [0.25, 0.3) is 0 Å². The van der Waals surface area contributed by atoms with Crippen LogP contribution in [-0.4, -0.2) is 40.3 Å². The molecular weight excluding hydrogens is 571 g/mol. The van der Waals surface area contributed by atoms with Gasteiger partial charge in [0.05, 0.1) is 44.0 Å². The standard InChI is InChI=1S/C22H21BrCl2N4O4.ClH/c1-4-33-21(32)15(29-18-17(23)19(30)22(18,2)3)7-11-5-6-12(8-27-11)28-20(31)16-13(24)9-26-10-14(16)25;/h5-6,8-10,15,29H,4,7H2,1-3H3,(H,28,31);1H/t15-;/m0./s1. The van der Waals surface area contributed by atoms with Gasteiger partial charge in [0.2, 0.25) is 0 Å². The number of allylic oxidation sites excluding steroid dienone is 2. The van der Waals surface area contributed by atoms with Crippen LogP contribution in [0.5, 0.6) is 0 Å². The summed E-state index contributed by atoms with van der Waals surface area (Å²) in [6.07, 6.45) is 4.33. The number of rotatable bonds is 8. The smallest absolute Gasteiger partial charge is 0.328 e. The van der Waals surface area contributed by atoms with E-state index in [2.05, 4.69) is 36.5 Å². The Morgan fingerprint density at radius 3 is 2.35 bits per heavy atom. The Morgan fingerprint density at radius 2 is 1.82 bits per heavy atom. The Bertz CT molecular complexity index is 1120. The maximum absolute atomic E-state index is 12.5. The molecule has 0 spiro atoms. The first-order valence-corrected chi connectivity index (χ1v) is 11.5. The summed E-state index contributed by atoms with van der Waals surface area (Å²) < 4.78 is 5.60. The van der Waals surface area contributed by atoms with Crippen LogP contribution in [0.4, 0.5) is 5.69 Å². The topological polar surface area (TPSA) is 110 Å². The van der Waals surface area contributed by atoms with Crippen molar-refractivity contribution in [1.82, 2.24) is 15.3 Å². The van der Waals surface area contributed by atoms with E-state index in [1.807, 2.05) is 0 Å². The molecule has 2 N–H and O–H groups in total. The molecule has 2 heterocycles. The summed E-state index contributed by atoms with van der Waals surface area (Å²) in [4.78, 5) is 45.3. The first-order valence-electron chi connectivity index (χ1n) is 9.99. The Kier molecular flexibility index (Phi) is 9.47. The number of amides is 1. The number of esters is 1. The van der Waals surface area contributed by atoms with E-state index in [-0.39, 0.29) is 46.8 Å². The number of ketones is 1. The van der Waals surface area contributed by atoms with E-state index in [4.69, 9.17) is 27.9 Å². The predicted molar refractivity (Wildman–Crippen MR) is 136 cm³/mol. The third-order valence-electron chi connectivity index (χ3n) is 5.08. The number of ether oxygens (including phenoxy) is 1. The monoisotopic (exact) mass is 590 g/mol. The average molecular weight is 593 g/mol. The molecule has 1 amide bonds. The molecule has 12 heteroatoms. The molecule has 2 aromatic rings. The van der Waals surface area contributed by atoms with Crippen molar-refractivity contribution in [1.29, 1.82) is 0 Å². The van der Waals surface area contributed by atoms with Gasteiger partial charge in [0, 0.05) is 30.2 Å². The van der Waals surface area contributed by atoms with Crippen molar-refractivity contribution in [3.63, 3.8) is 0 Å². The van der Waals surface area contributed by atoms with Crippen molar-refractivity contribution in [2.24, 2.45) is 5.41 Å². The van der Waals surface area contributed by atoms with Gasteiger partial charge in [-0.1, -0.05) is 23.2 Å². The highest BCUT2D eigenvalue weighted by molar-refractivity contribution is 9.12. The largest absolute Gasteiger partial charge is 0.464 e. The molecule has 1 aliphatic carbocycles. The van der Waals surface area contributed by atoms with E-state index < -0.39 is 23.3 Å². The summed E-state index contributed by atoms with van der Waals surface area (Å²) in [5.74, 6) is -0.997. The van der Waals surface area contributed by atoms with Gasteiger partial charge >= 0.3 is 5.97 Å². The third kappa shape index (κ3) is 5.89. The van der Waals surface area contributed by atoms with Crippen LogP contribution in [0, 0.1) is 5.41 Å². The zero-order chi connectivity index (χ0) is 24.3. The normalized spacial score (nSPS) is 15.1. The second-order valence-electron chi connectivity index (χ2n) is 7.77. The number of hydrogen-bond acceptors (Lipinski definition) is 7. The zero-order valence-electron chi connectivity index (χ0n) is 18.4. The number of pyridine rings is 2. The van der Waals surface area contributed by atoms with E-state index in [0.717, 1.165) is 0 Å². The van der Waals surface area contributed by atoms with Gasteiger partial charge in [0.15, 0.2) is 5.78 Å². The summed E-state index contributed by atoms with van der Waals surface area (Å²) in [5.41, 5.74) is 1.03. The lowest BCUT2D eigenvalue weighted by Crippen LogP contribution is -2.50. The van der Waals surface area contributed by atoms with Crippen molar-refractivity contribution in [3.8, 4) is 0 Å². The zero-order valence-corrected chi connectivity index (χ0v) is 22.4. The fraction of sp³-hybridized carbons (Fsp3) is 0.318. The van der Waals surface area contributed by atoms with Crippen molar-refractivity contribution < 1.29 is 19.1 Å². The van der Waals surface area contributed by atoms with Gasteiger partial charge in [-0.3, -0.25) is 19.6 Å². The van der Waals surface area contributed by atoms with E-state index in [1.54, 1.807) is 32.9 Å². The summed E-state index contributed by atoms with van der Waals surface area (Å²) in [5, 5.41) is 6.07. The molecule has 0 bridgehead atoms. The number of nitrogens with zero attached hydrogens (tertiary/aromatic N) is 2. The van der Waals surface area contributed by atoms with Gasteiger partial charge in [0.1, 0.15) is 6.04 Å². The summed E-state index contributed by atoms with van der Waals surface area (Å²) in [6.45, 7) is 5.50. The molecule has 0 fully saturated rings. The molecule has 2 aromatic heterocycles. The van der Waals surface area contributed by atoms with Crippen LogP contribution < -0.4 is 10.6 Å². The molecule has 3 rings (SSSR count). The Balaban J connectivity index is 0.00000408. The fourth-order valence-electron chi connectivity index (χ4n) is 3.22. The highest BCUT2D eigenvalue weighted by Crippen LogP contribution is 2.43. The van der Waals surface area contributed by atoms with Crippen LogP contribution in [0.1, 0.15) is 36.8 Å². The number of halogens is 4. The number of Topliss-reactive ketones (excluding diaryl/α,β-unsaturated/α-hetero) is 1. The van der Waals surface area contributed by atoms with Crippen molar-refractivity contribution >= 4 is 74.9 Å². The molecule has 0 aliphatic heterocycles. The highest BCUT2D eigenvalue weighted by atomic mass is 79.9. The average Bonchev–Trinajstić information content (AvgIpc) is 2.76. The Morgan fingerprint density at radius 1 is 1.18 bits per heavy atom. The molecule has 0 saturated heterocycles. The number of carbonyl (C=O) groups excluding carboxylic acids is 3. The number of hydrogen-bond donors (Lipinski definition) is 2. The maximum atomic E-state index is 12.5. The number of carbonyl (C=O) groups is 3. The minimum absolute atomic E-state index is 0. The van der Waals surface area contributed by atoms with Gasteiger partial charge in [-0.25, -0.2) is 4.79 Å². The molecule has 0 aromatic carbocycles. The fourth-order valence-corrected chi connectivity index (χ4v) is 4.86. The van der Waals surface area contributed by atoms with E-state index >= 15 is 0 Å². The first-order chi connectivity index (χ1) is 15.6. The van der Waals surface area contributed by atoms with Crippen LogP contribution >= 0.6 is 51.5 Å². The minimum Gasteiger partial charge on any atom is -0.464 e. The van der Waals surface area contributed by atoms with Crippen molar-refractivity contribution in [2.45, 2.75) is 33.2 Å². The van der Waals surface area contributed by atoms with E-state index in [1.165, 1.54) is 18.6 Å². The van der Waals surface area contributed by atoms with Gasteiger partial charge in [-0.05, 0) is 48.8 Å². The molecule has 8 nitrogen and oxygen atoms in total. The lowest BCUT2D eigenvalue weighted by Gasteiger charge is -2.38. The number of aromatic nitrogens is 2. The van der Waals surface area contributed by atoms with Gasteiger partial charge in [-0.2, -0.15) is 0 Å². The minimum atomic E-state index is -0.748. The van der Waals surface area contributed by atoms with Crippen LogP contribution in [0.15, 0.2) is 40.9 Å². The lowest BCUT2D eigenvalue weighted by molar-refractivity contribution is -0.145. The molecule has 0 saturated carbocycles. The van der Waals surface area contributed by atoms with Gasteiger partial charge in [0.25, 0.3) is 5.91 Å². The molecule has 0 unspecified atom stereocenters. The first kappa shape index (κ1) is 28.0. The molecule has 182 valence electrons. The highest BCUT2D eigenvalue weighted by Gasteiger charge is 2.46. The molecule has 1 atom stereocenters. The summed E-state index contributed by atoms with van der Waals surface area (Å²) >= 11 is 15.3. The number of anilines is 1. The molecule has 34 heavy (non-hydrogen) atoms. The van der Waals surface area contributed by atoms with Crippen molar-refractivity contribution in [2.75, 3.05) is 11.9 Å². The Hall–Kier alpha value is -2.20. The molecular formula is C22H22BrCl3N4O4. The Labute approximate surface area is 221 Å². The number of nitrogens with one attached hydrogen (secondary N) is 2. The predicted octanol–water partition coefficient (Wildman–Crippen LogP) is 4.74. The van der Waals surface area contributed by atoms with Crippen LogP contribution in [0.3, 0.4) is 0 Å². The molecule has 0 radical (unpaired) electrons. The second-order valence-corrected chi connectivity index (χ2v) is 9.37. The third-order valence-corrected chi connectivity index (χ3v) is 6.41.